The predicted octanol–water partition coefficient (Wildman–Crippen LogP) is 0.772. The molecule has 0 saturated carbocycles. The molecule has 1 heterocycles. The highest BCUT2D eigenvalue weighted by molar-refractivity contribution is 7.99. The monoisotopic (exact) mass is 243 g/mol. The minimum atomic E-state index is -0.411. The fraction of sp³-hybridized carbons (Fsp3) is 0.500. The molecule has 0 aliphatic heterocycles. The molecule has 16 heavy (non-hydrogen) atoms. The third-order valence-corrected chi connectivity index (χ3v) is 3.47. The van der Waals surface area contributed by atoms with Crippen molar-refractivity contribution < 1.29 is 9.21 Å². The number of nitrogens with one attached hydrogen (secondary N) is 1. The summed E-state index contributed by atoms with van der Waals surface area (Å²) in [5.41, 5.74) is 8.57. The molecule has 0 bridgehead atoms. The summed E-state index contributed by atoms with van der Waals surface area (Å²) in [6.07, 6.45) is 0. The van der Waals surface area contributed by atoms with E-state index in [1.165, 1.54) is 0 Å². The van der Waals surface area contributed by atoms with Gasteiger partial charge in [-0.25, -0.2) is 5.84 Å². The van der Waals surface area contributed by atoms with Gasteiger partial charge in [0.2, 0.25) is 0 Å². The molecule has 1 amide bonds. The molecule has 5 nitrogen and oxygen atoms in total. The largest absolute Gasteiger partial charge is 0.456 e. The number of nitrogen functional groups attached to an aromatic ring is 1. The van der Waals surface area contributed by atoms with Gasteiger partial charge in [0.15, 0.2) is 5.76 Å². The van der Waals surface area contributed by atoms with Crippen LogP contribution in [0.1, 0.15) is 28.8 Å². The summed E-state index contributed by atoms with van der Waals surface area (Å²) in [7, 11) is 0. The Bertz CT molecular complexity index is 365. The molecule has 0 aliphatic carbocycles. The van der Waals surface area contributed by atoms with Crippen LogP contribution in [0.25, 0.3) is 0 Å². The molecule has 1 aromatic rings. The number of hydrogen-bond donors (Lipinski definition) is 3. The van der Waals surface area contributed by atoms with Crippen LogP contribution < -0.4 is 17.0 Å². The van der Waals surface area contributed by atoms with Crippen LogP contribution in [-0.2, 0) is 5.75 Å². The Balaban J connectivity index is 2.67. The first kappa shape index (κ1) is 13.1. The van der Waals surface area contributed by atoms with Gasteiger partial charge in [-0.05, 0) is 13.0 Å². The maximum Gasteiger partial charge on any atom is 0.300 e. The van der Waals surface area contributed by atoms with Crippen LogP contribution in [-0.4, -0.2) is 17.7 Å². The second-order valence-corrected chi connectivity index (χ2v) is 4.95. The number of amides is 1. The molecule has 1 rings (SSSR count). The zero-order valence-electron chi connectivity index (χ0n) is 9.45. The van der Waals surface area contributed by atoms with E-state index in [0.717, 1.165) is 17.1 Å². The van der Waals surface area contributed by atoms with Crippen molar-refractivity contribution in [3.63, 3.8) is 0 Å². The minimum absolute atomic E-state index is 0.246. The van der Waals surface area contributed by atoms with E-state index in [9.17, 15) is 4.79 Å². The van der Waals surface area contributed by atoms with E-state index in [1.54, 1.807) is 17.8 Å². The third-order valence-electron chi connectivity index (χ3n) is 2.23. The van der Waals surface area contributed by atoms with Crippen molar-refractivity contribution in [1.82, 2.24) is 5.43 Å². The number of carbonyl (C=O) groups is 1. The first-order valence-corrected chi connectivity index (χ1v) is 6.05. The Morgan fingerprint density at radius 3 is 2.94 bits per heavy atom. The quantitative estimate of drug-likeness (QED) is 0.403. The molecule has 0 aromatic carbocycles. The molecule has 0 radical (unpaired) electrons. The summed E-state index contributed by atoms with van der Waals surface area (Å²) in [6.45, 7) is 4.53. The van der Waals surface area contributed by atoms with Crippen LogP contribution in [0.4, 0.5) is 0 Å². The Hall–Kier alpha value is -0.980. The van der Waals surface area contributed by atoms with Gasteiger partial charge in [0.1, 0.15) is 5.76 Å². The normalized spacial score (nSPS) is 12.5. The van der Waals surface area contributed by atoms with E-state index in [-0.39, 0.29) is 5.76 Å². The number of aryl methyl sites for hydroxylation is 1. The lowest BCUT2D eigenvalue weighted by Crippen LogP contribution is -2.29. The summed E-state index contributed by atoms with van der Waals surface area (Å²) in [5, 5.41) is 0.390. The summed E-state index contributed by atoms with van der Waals surface area (Å²) in [4.78, 5) is 11.2. The van der Waals surface area contributed by atoms with E-state index in [1.807, 2.05) is 12.3 Å². The van der Waals surface area contributed by atoms with Crippen LogP contribution in [0.15, 0.2) is 10.5 Å². The van der Waals surface area contributed by atoms with E-state index in [4.69, 9.17) is 16.0 Å². The van der Waals surface area contributed by atoms with Crippen LogP contribution in [0, 0.1) is 6.92 Å². The van der Waals surface area contributed by atoms with Crippen molar-refractivity contribution in [2.24, 2.45) is 11.6 Å². The summed E-state index contributed by atoms with van der Waals surface area (Å²) < 4.78 is 5.30. The zero-order valence-corrected chi connectivity index (χ0v) is 10.3. The van der Waals surface area contributed by atoms with Gasteiger partial charge in [0.05, 0.1) is 0 Å². The topological polar surface area (TPSA) is 94.3 Å². The van der Waals surface area contributed by atoms with E-state index < -0.39 is 5.91 Å². The third kappa shape index (κ3) is 3.26. The SMILES string of the molecule is Cc1oc(C(=O)NN)cc1CSC(C)CN. The van der Waals surface area contributed by atoms with Gasteiger partial charge in [-0.15, -0.1) is 0 Å². The molecule has 1 unspecified atom stereocenters. The molecular formula is C10H17N3O2S. The minimum Gasteiger partial charge on any atom is -0.456 e. The van der Waals surface area contributed by atoms with E-state index in [2.05, 4.69) is 6.92 Å². The smallest absolute Gasteiger partial charge is 0.300 e. The molecule has 0 saturated heterocycles. The predicted molar refractivity (Wildman–Crippen MR) is 64.9 cm³/mol. The lowest BCUT2D eigenvalue weighted by molar-refractivity contribution is 0.0924. The van der Waals surface area contributed by atoms with Crippen LogP contribution in [0.5, 0.6) is 0 Å². The average molecular weight is 243 g/mol. The first-order chi connectivity index (χ1) is 7.58. The Morgan fingerprint density at radius 1 is 1.69 bits per heavy atom. The number of hydrogen-bond acceptors (Lipinski definition) is 5. The van der Waals surface area contributed by atoms with Crippen molar-refractivity contribution in [3.05, 3.63) is 23.2 Å². The molecule has 90 valence electrons. The molecule has 1 aromatic heterocycles. The standard InChI is InChI=1S/C10H17N3O2S/c1-6(4-11)16-5-8-3-9(10(14)13-12)15-7(8)2/h3,6H,4-5,11-12H2,1-2H3,(H,13,14). The van der Waals surface area contributed by atoms with E-state index in [0.29, 0.717) is 11.8 Å². The fourth-order valence-electron chi connectivity index (χ4n) is 1.15. The number of nitrogens with two attached hydrogens (primary N) is 2. The van der Waals surface area contributed by atoms with Crippen LogP contribution >= 0.6 is 11.8 Å². The van der Waals surface area contributed by atoms with Gasteiger partial charge in [-0.3, -0.25) is 10.2 Å². The lowest BCUT2D eigenvalue weighted by atomic mass is 10.3. The molecule has 5 N–H and O–H groups in total. The molecule has 1 atom stereocenters. The summed E-state index contributed by atoms with van der Waals surface area (Å²) >= 11 is 1.73. The van der Waals surface area contributed by atoms with Crippen molar-refractivity contribution in [2.75, 3.05) is 6.54 Å². The number of carbonyl (C=O) groups excluding carboxylic acids is 1. The highest BCUT2D eigenvalue weighted by atomic mass is 32.2. The average Bonchev–Trinajstić information content (AvgIpc) is 2.66. The highest BCUT2D eigenvalue weighted by Crippen LogP contribution is 2.22. The van der Waals surface area contributed by atoms with Gasteiger partial charge in [-0.2, -0.15) is 11.8 Å². The van der Waals surface area contributed by atoms with Gasteiger partial charge < -0.3 is 10.2 Å². The second kappa shape index (κ2) is 5.93. The second-order valence-electron chi connectivity index (χ2n) is 3.52. The van der Waals surface area contributed by atoms with Crippen molar-refractivity contribution in [2.45, 2.75) is 24.9 Å². The maximum absolute atomic E-state index is 11.2. The lowest BCUT2D eigenvalue weighted by Gasteiger charge is -2.06. The van der Waals surface area contributed by atoms with Crippen molar-refractivity contribution >= 4 is 17.7 Å². The number of thioether (sulfide) groups is 1. The van der Waals surface area contributed by atoms with Crippen molar-refractivity contribution in [1.29, 1.82) is 0 Å². The molecule has 0 spiro atoms. The van der Waals surface area contributed by atoms with Gasteiger partial charge >= 0.3 is 5.91 Å². The van der Waals surface area contributed by atoms with E-state index >= 15 is 0 Å². The number of rotatable bonds is 5. The fourth-order valence-corrected chi connectivity index (χ4v) is 2.03. The molecular weight excluding hydrogens is 226 g/mol. The Morgan fingerprint density at radius 2 is 2.38 bits per heavy atom. The Labute approximate surface area is 98.9 Å². The maximum atomic E-state index is 11.2. The van der Waals surface area contributed by atoms with Crippen molar-refractivity contribution in [3.8, 4) is 0 Å². The Kier molecular flexibility index (Phi) is 4.85. The van der Waals surface area contributed by atoms with Gasteiger partial charge in [0.25, 0.3) is 0 Å². The summed E-state index contributed by atoms with van der Waals surface area (Å²) in [6, 6.07) is 1.72. The molecule has 0 aliphatic rings. The highest BCUT2D eigenvalue weighted by Gasteiger charge is 2.13. The molecule has 0 fully saturated rings. The number of furan rings is 1. The van der Waals surface area contributed by atoms with Gasteiger partial charge in [0, 0.05) is 23.1 Å². The first-order valence-electron chi connectivity index (χ1n) is 5.00. The van der Waals surface area contributed by atoms with Gasteiger partial charge in [-0.1, -0.05) is 6.92 Å². The summed E-state index contributed by atoms with van der Waals surface area (Å²) in [5.74, 6) is 6.39. The van der Waals surface area contributed by atoms with Crippen LogP contribution in [0.3, 0.4) is 0 Å². The van der Waals surface area contributed by atoms with Crippen LogP contribution in [0.2, 0.25) is 0 Å². The number of hydrazine groups is 1. The molecule has 6 heteroatoms. The zero-order chi connectivity index (χ0) is 12.1.